The highest BCUT2D eigenvalue weighted by molar-refractivity contribution is 5.85. The van der Waals surface area contributed by atoms with Gasteiger partial charge in [-0.15, -0.1) is 12.4 Å². The van der Waals surface area contributed by atoms with Crippen LogP contribution in [-0.4, -0.2) is 32.5 Å². The van der Waals surface area contributed by atoms with E-state index in [1.807, 2.05) is 19.9 Å². The van der Waals surface area contributed by atoms with Gasteiger partial charge in [-0.25, -0.2) is 0 Å². The Balaban J connectivity index is 0.00000242. The van der Waals surface area contributed by atoms with Crippen molar-refractivity contribution in [3.05, 3.63) is 51.8 Å². The van der Waals surface area contributed by atoms with E-state index in [4.69, 9.17) is 4.74 Å². The molecule has 0 spiro atoms. The fraction of sp³-hybridized carbons (Fsp3) is 0.357. The molecule has 1 unspecified atom stereocenters. The summed E-state index contributed by atoms with van der Waals surface area (Å²) in [4.78, 5) is 10.3. The van der Waals surface area contributed by atoms with E-state index in [1.54, 1.807) is 16.8 Å². The van der Waals surface area contributed by atoms with Gasteiger partial charge in [0.25, 0.3) is 0 Å². The number of aromatic nitrogens is 2. The number of benzene rings is 1. The van der Waals surface area contributed by atoms with Crippen molar-refractivity contribution < 1.29 is 14.8 Å². The number of aliphatic hydroxyl groups is 1. The number of hydrogen-bond acceptors (Lipinski definition) is 5. The molecule has 0 saturated carbocycles. The Morgan fingerprint density at radius 3 is 2.68 bits per heavy atom. The molecule has 2 aromatic rings. The standard InChI is InChI=1S/C14H17N3O4.ClH/c1-10-7-11(2)16(15-10)8-12(18)9-21-14-6-4-3-5-13(14)17(19)20;/h3-7,12,18H,8-9H2,1-2H3;1H. The summed E-state index contributed by atoms with van der Waals surface area (Å²) < 4.78 is 7.03. The van der Waals surface area contributed by atoms with Gasteiger partial charge in [-0.3, -0.25) is 14.8 Å². The lowest BCUT2D eigenvalue weighted by molar-refractivity contribution is -0.385. The molecule has 0 aliphatic rings. The van der Waals surface area contributed by atoms with Crippen molar-refractivity contribution in [2.45, 2.75) is 26.5 Å². The SMILES string of the molecule is Cc1cc(C)n(CC(O)COc2ccccc2[N+](=O)[O-])n1.Cl. The van der Waals surface area contributed by atoms with Crippen LogP contribution >= 0.6 is 12.4 Å². The zero-order chi connectivity index (χ0) is 15.4. The van der Waals surface area contributed by atoms with Gasteiger partial charge in [-0.05, 0) is 26.0 Å². The van der Waals surface area contributed by atoms with E-state index in [2.05, 4.69) is 5.10 Å². The molecular formula is C14H18ClN3O4. The van der Waals surface area contributed by atoms with Crippen LogP contribution < -0.4 is 4.74 Å². The fourth-order valence-corrected chi connectivity index (χ4v) is 2.03. The zero-order valence-electron chi connectivity index (χ0n) is 12.3. The van der Waals surface area contributed by atoms with Crippen molar-refractivity contribution in [1.29, 1.82) is 0 Å². The number of ether oxygens (including phenoxy) is 1. The maximum absolute atomic E-state index is 10.9. The minimum absolute atomic E-state index is 0. The lowest BCUT2D eigenvalue weighted by atomic mass is 10.3. The smallest absolute Gasteiger partial charge is 0.310 e. The Kier molecular flexibility index (Phi) is 6.33. The molecule has 1 aromatic heterocycles. The van der Waals surface area contributed by atoms with Crippen LogP contribution in [0.3, 0.4) is 0 Å². The molecule has 1 aromatic carbocycles. The molecule has 0 amide bonds. The van der Waals surface area contributed by atoms with Crippen LogP contribution in [-0.2, 0) is 6.54 Å². The van der Waals surface area contributed by atoms with Gasteiger partial charge in [0.15, 0.2) is 5.75 Å². The van der Waals surface area contributed by atoms with Crippen molar-refractivity contribution in [2.75, 3.05) is 6.61 Å². The first kappa shape index (κ1) is 17.9. The molecule has 0 saturated heterocycles. The summed E-state index contributed by atoms with van der Waals surface area (Å²) in [6, 6.07) is 8.00. The Hall–Kier alpha value is -2.12. The van der Waals surface area contributed by atoms with Crippen LogP contribution in [0.4, 0.5) is 5.69 Å². The Bertz CT molecular complexity index is 645. The van der Waals surface area contributed by atoms with E-state index in [-0.39, 0.29) is 37.0 Å². The van der Waals surface area contributed by atoms with Crippen molar-refractivity contribution >= 4 is 18.1 Å². The van der Waals surface area contributed by atoms with Crippen molar-refractivity contribution in [3.63, 3.8) is 0 Å². The number of halogens is 1. The Labute approximate surface area is 134 Å². The van der Waals surface area contributed by atoms with Gasteiger partial charge in [-0.2, -0.15) is 5.10 Å². The number of rotatable bonds is 6. The second-order valence-electron chi connectivity index (χ2n) is 4.80. The van der Waals surface area contributed by atoms with Crippen LogP contribution in [0.15, 0.2) is 30.3 Å². The van der Waals surface area contributed by atoms with Crippen LogP contribution in [0.5, 0.6) is 5.75 Å². The molecule has 0 aliphatic carbocycles. The number of nitro groups is 1. The topological polar surface area (TPSA) is 90.4 Å². The lowest BCUT2D eigenvalue weighted by Crippen LogP contribution is -2.25. The van der Waals surface area contributed by atoms with Gasteiger partial charge in [0, 0.05) is 11.8 Å². The average Bonchev–Trinajstić information content (AvgIpc) is 2.74. The maximum atomic E-state index is 10.9. The van der Waals surface area contributed by atoms with E-state index in [0.29, 0.717) is 0 Å². The molecule has 0 radical (unpaired) electrons. The molecule has 1 atom stereocenters. The molecule has 0 aliphatic heterocycles. The van der Waals surface area contributed by atoms with E-state index in [9.17, 15) is 15.2 Å². The first-order valence-electron chi connectivity index (χ1n) is 6.52. The molecule has 8 heteroatoms. The predicted octanol–water partition coefficient (Wildman–Crippen LogP) is 2.27. The van der Waals surface area contributed by atoms with E-state index in [0.717, 1.165) is 11.4 Å². The summed E-state index contributed by atoms with van der Waals surface area (Å²) in [5.74, 6) is 0.148. The van der Waals surface area contributed by atoms with Gasteiger partial charge in [0.1, 0.15) is 12.7 Å². The maximum Gasteiger partial charge on any atom is 0.310 e. The normalized spacial score (nSPS) is 11.6. The molecule has 1 N–H and O–H groups in total. The quantitative estimate of drug-likeness (QED) is 0.649. The number of nitrogens with zero attached hydrogens (tertiary/aromatic N) is 3. The molecular weight excluding hydrogens is 310 g/mol. The summed E-state index contributed by atoms with van der Waals surface area (Å²) in [7, 11) is 0. The largest absolute Gasteiger partial charge is 0.484 e. The lowest BCUT2D eigenvalue weighted by Gasteiger charge is -2.13. The molecule has 0 fully saturated rings. The van der Waals surface area contributed by atoms with Crippen LogP contribution in [0.1, 0.15) is 11.4 Å². The van der Waals surface area contributed by atoms with Gasteiger partial charge in [0.05, 0.1) is 17.2 Å². The predicted molar refractivity (Wildman–Crippen MR) is 83.5 cm³/mol. The highest BCUT2D eigenvalue weighted by Gasteiger charge is 2.16. The molecule has 2 rings (SSSR count). The van der Waals surface area contributed by atoms with Gasteiger partial charge in [-0.1, -0.05) is 12.1 Å². The fourth-order valence-electron chi connectivity index (χ4n) is 2.03. The van der Waals surface area contributed by atoms with Crippen LogP contribution in [0.2, 0.25) is 0 Å². The van der Waals surface area contributed by atoms with Crippen molar-refractivity contribution in [1.82, 2.24) is 9.78 Å². The third-order valence-electron chi connectivity index (χ3n) is 2.98. The Morgan fingerprint density at radius 1 is 1.41 bits per heavy atom. The number of nitro benzene ring substituents is 1. The minimum Gasteiger partial charge on any atom is -0.484 e. The second-order valence-corrected chi connectivity index (χ2v) is 4.80. The highest BCUT2D eigenvalue weighted by Crippen LogP contribution is 2.25. The van der Waals surface area contributed by atoms with Crippen molar-refractivity contribution in [2.24, 2.45) is 0 Å². The molecule has 1 heterocycles. The summed E-state index contributed by atoms with van der Waals surface area (Å²) in [6.07, 6.45) is -0.803. The summed E-state index contributed by atoms with van der Waals surface area (Å²) in [5, 5.41) is 25.1. The number of hydrogen-bond donors (Lipinski definition) is 1. The van der Waals surface area contributed by atoms with E-state index >= 15 is 0 Å². The first-order chi connectivity index (χ1) is 9.97. The van der Waals surface area contributed by atoms with Crippen LogP contribution in [0, 0.1) is 24.0 Å². The van der Waals surface area contributed by atoms with Gasteiger partial charge >= 0.3 is 5.69 Å². The summed E-state index contributed by atoms with van der Waals surface area (Å²) >= 11 is 0. The Morgan fingerprint density at radius 2 is 2.09 bits per heavy atom. The number of aliphatic hydroxyl groups excluding tert-OH is 1. The average molecular weight is 328 g/mol. The molecule has 22 heavy (non-hydrogen) atoms. The molecule has 0 bridgehead atoms. The highest BCUT2D eigenvalue weighted by atomic mass is 35.5. The monoisotopic (exact) mass is 327 g/mol. The minimum atomic E-state index is -0.803. The summed E-state index contributed by atoms with van der Waals surface area (Å²) in [5.41, 5.74) is 1.70. The van der Waals surface area contributed by atoms with Crippen molar-refractivity contribution in [3.8, 4) is 5.75 Å². The van der Waals surface area contributed by atoms with Gasteiger partial charge in [0.2, 0.25) is 0 Å². The second kappa shape index (κ2) is 7.77. The third-order valence-corrected chi connectivity index (χ3v) is 2.98. The van der Waals surface area contributed by atoms with E-state index in [1.165, 1.54) is 12.1 Å². The molecule has 7 nitrogen and oxygen atoms in total. The van der Waals surface area contributed by atoms with Crippen LogP contribution in [0.25, 0.3) is 0 Å². The molecule has 120 valence electrons. The first-order valence-corrected chi connectivity index (χ1v) is 6.52. The zero-order valence-corrected chi connectivity index (χ0v) is 13.1. The van der Waals surface area contributed by atoms with E-state index < -0.39 is 11.0 Å². The van der Waals surface area contributed by atoms with Gasteiger partial charge < -0.3 is 9.84 Å². The third kappa shape index (κ3) is 4.44. The number of aryl methyl sites for hydroxylation is 2. The number of para-hydroxylation sites is 2. The summed E-state index contributed by atoms with van der Waals surface area (Å²) in [6.45, 7) is 4.01.